The zero-order chi connectivity index (χ0) is 14.0. The quantitative estimate of drug-likeness (QED) is 0.876. The van der Waals surface area contributed by atoms with E-state index in [1.165, 1.54) is 25.3 Å². The zero-order valence-corrected chi connectivity index (χ0v) is 12.0. The summed E-state index contributed by atoms with van der Waals surface area (Å²) in [4.78, 5) is 0. The van der Waals surface area contributed by atoms with E-state index >= 15 is 0 Å². The molecule has 1 aromatic heterocycles. The molecule has 0 saturated carbocycles. The summed E-state index contributed by atoms with van der Waals surface area (Å²) < 4.78 is 19.8. The number of benzene rings is 1. The van der Waals surface area contributed by atoms with Gasteiger partial charge in [-0.15, -0.1) is 0 Å². The number of fused-ring (bicyclic) bond motifs is 1. The normalized spacial score (nSPS) is 23.9. The third-order valence-corrected chi connectivity index (χ3v) is 4.39. The maximum absolute atomic E-state index is 13.8. The smallest absolute Gasteiger partial charge is 0.169 e. The fourth-order valence-corrected chi connectivity index (χ4v) is 3.38. The molecule has 0 bridgehead atoms. The third-order valence-electron chi connectivity index (χ3n) is 4.39. The van der Waals surface area contributed by atoms with Crippen LogP contribution < -0.4 is 5.32 Å². The topological polar surface area (TPSA) is 25.2 Å². The Kier molecular flexibility index (Phi) is 3.79. The van der Waals surface area contributed by atoms with Gasteiger partial charge in [0.15, 0.2) is 11.4 Å². The van der Waals surface area contributed by atoms with Crippen LogP contribution in [0.4, 0.5) is 4.39 Å². The van der Waals surface area contributed by atoms with Crippen LogP contribution in [0.5, 0.6) is 0 Å². The number of halogens is 1. The van der Waals surface area contributed by atoms with E-state index in [4.69, 9.17) is 4.42 Å². The van der Waals surface area contributed by atoms with Crippen molar-refractivity contribution in [1.82, 2.24) is 5.32 Å². The Bertz CT molecular complexity index is 582. The van der Waals surface area contributed by atoms with E-state index in [9.17, 15) is 4.39 Å². The predicted octanol–water partition coefficient (Wildman–Crippen LogP) is 4.73. The number of hydrogen-bond acceptors (Lipinski definition) is 2. The van der Waals surface area contributed by atoms with Gasteiger partial charge in [-0.3, -0.25) is 0 Å². The maximum atomic E-state index is 13.8. The molecule has 2 heterocycles. The Morgan fingerprint density at radius 2 is 2.20 bits per heavy atom. The van der Waals surface area contributed by atoms with Crippen molar-refractivity contribution >= 4 is 11.0 Å². The third kappa shape index (κ3) is 2.35. The molecule has 1 N–H and O–H groups in total. The van der Waals surface area contributed by atoms with Gasteiger partial charge in [0.25, 0.3) is 0 Å². The minimum absolute atomic E-state index is 0.114. The van der Waals surface area contributed by atoms with E-state index in [-0.39, 0.29) is 11.4 Å². The summed E-state index contributed by atoms with van der Waals surface area (Å²) >= 11 is 0. The highest BCUT2D eigenvalue weighted by atomic mass is 19.1. The van der Waals surface area contributed by atoms with Gasteiger partial charge >= 0.3 is 0 Å². The molecule has 2 nitrogen and oxygen atoms in total. The van der Waals surface area contributed by atoms with E-state index in [2.05, 4.69) is 12.2 Å². The Morgan fingerprint density at radius 1 is 1.30 bits per heavy atom. The second-order valence-electron chi connectivity index (χ2n) is 5.84. The fraction of sp³-hybridized carbons (Fsp3) is 0.529. The zero-order valence-electron chi connectivity index (χ0n) is 12.0. The van der Waals surface area contributed by atoms with Crippen molar-refractivity contribution in [3.8, 4) is 0 Å². The lowest BCUT2D eigenvalue weighted by Gasteiger charge is -2.31. The van der Waals surface area contributed by atoms with Crippen LogP contribution in [-0.4, -0.2) is 6.54 Å². The largest absolute Gasteiger partial charge is 0.456 e. The van der Waals surface area contributed by atoms with Gasteiger partial charge in [-0.25, -0.2) is 4.39 Å². The van der Waals surface area contributed by atoms with Gasteiger partial charge < -0.3 is 9.73 Å². The lowest BCUT2D eigenvalue weighted by molar-refractivity contribution is 0.247. The highest BCUT2D eigenvalue weighted by Crippen LogP contribution is 2.37. The van der Waals surface area contributed by atoms with Gasteiger partial charge in [0, 0.05) is 5.39 Å². The summed E-state index contributed by atoms with van der Waals surface area (Å²) in [5.41, 5.74) is 0.278. The summed E-state index contributed by atoms with van der Waals surface area (Å²) in [6.07, 6.45) is 6.86. The van der Waals surface area contributed by atoms with Gasteiger partial charge in [0.05, 0.1) is 5.54 Å². The summed E-state index contributed by atoms with van der Waals surface area (Å²) in [6.45, 7) is 3.21. The lowest BCUT2D eigenvalue weighted by atomic mass is 9.86. The molecule has 1 aliphatic heterocycles. The van der Waals surface area contributed by atoms with Gasteiger partial charge in [-0.1, -0.05) is 38.3 Å². The molecule has 1 saturated heterocycles. The number of nitrogens with one attached hydrogen (secondary N) is 1. The van der Waals surface area contributed by atoms with Gasteiger partial charge in [0.2, 0.25) is 0 Å². The van der Waals surface area contributed by atoms with Crippen molar-refractivity contribution in [1.29, 1.82) is 0 Å². The van der Waals surface area contributed by atoms with Gasteiger partial charge in [-0.05, 0) is 37.9 Å². The van der Waals surface area contributed by atoms with Crippen molar-refractivity contribution < 1.29 is 8.81 Å². The van der Waals surface area contributed by atoms with E-state index in [0.717, 1.165) is 37.0 Å². The molecule has 0 radical (unpaired) electrons. The first-order chi connectivity index (χ1) is 9.75. The van der Waals surface area contributed by atoms with Crippen LogP contribution in [0, 0.1) is 5.82 Å². The van der Waals surface area contributed by atoms with Crippen LogP contribution >= 0.6 is 0 Å². The molecule has 20 heavy (non-hydrogen) atoms. The maximum Gasteiger partial charge on any atom is 0.169 e. The lowest BCUT2D eigenvalue weighted by Crippen LogP contribution is -2.41. The van der Waals surface area contributed by atoms with E-state index in [1.807, 2.05) is 12.1 Å². The van der Waals surface area contributed by atoms with Gasteiger partial charge in [0.1, 0.15) is 5.76 Å². The van der Waals surface area contributed by atoms with Crippen LogP contribution in [-0.2, 0) is 5.54 Å². The molecule has 1 aromatic carbocycles. The monoisotopic (exact) mass is 275 g/mol. The fourth-order valence-electron chi connectivity index (χ4n) is 3.38. The first-order valence-electron chi connectivity index (χ1n) is 7.69. The van der Waals surface area contributed by atoms with Crippen LogP contribution in [0.2, 0.25) is 0 Å². The number of para-hydroxylation sites is 1. The van der Waals surface area contributed by atoms with Gasteiger partial charge in [-0.2, -0.15) is 0 Å². The summed E-state index contributed by atoms with van der Waals surface area (Å²) in [7, 11) is 0. The minimum Gasteiger partial charge on any atom is -0.456 e. The highest BCUT2D eigenvalue weighted by molar-refractivity contribution is 5.78. The van der Waals surface area contributed by atoms with E-state index in [0.29, 0.717) is 5.58 Å². The first-order valence-corrected chi connectivity index (χ1v) is 7.69. The van der Waals surface area contributed by atoms with Crippen LogP contribution in [0.15, 0.2) is 28.7 Å². The minimum atomic E-state index is -0.269. The van der Waals surface area contributed by atoms with Crippen LogP contribution in [0.1, 0.15) is 51.2 Å². The molecule has 2 aromatic rings. The summed E-state index contributed by atoms with van der Waals surface area (Å²) in [6, 6.07) is 7.14. The van der Waals surface area contributed by atoms with Crippen molar-refractivity contribution in [2.75, 3.05) is 6.54 Å². The predicted molar refractivity (Wildman–Crippen MR) is 79.2 cm³/mol. The van der Waals surface area contributed by atoms with Crippen molar-refractivity contribution in [3.05, 3.63) is 35.8 Å². The molecule has 1 unspecified atom stereocenters. The standard InChI is InChI=1S/C17H22FNO/c1-2-9-17(10-4-3-5-11-19-17)15-12-13-7-6-8-14(18)16(13)20-15/h6-8,12,19H,2-5,9-11H2,1H3. The molecule has 0 amide bonds. The van der Waals surface area contributed by atoms with Crippen molar-refractivity contribution in [3.63, 3.8) is 0 Å². The molecule has 1 aliphatic rings. The van der Waals surface area contributed by atoms with E-state index < -0.39 is 0 Å². The molecule has 1 fully saturated rings. The van der Waals surface area contributed by atoms with Crippen LogP contribution in [0.25, 0.3) is 11.0 Å². The summed E-state index contributed by atoms with van der Waals surface area (Å²) in [5.74, 6) is 0.635. The van der Waals surface area contributed by atoms with Crippen molar-refractivity contribution in [2.24, 2.45) is 0 Å². The SMILES string of the molecule is CCCC1(c2cc3cccc(F)c3o2)CCCCCN1. The molecule has 0 aliphatic carbocycles. The molecular weight excluding hydrogens is 253 g/mol. The molecule has 3 heteroatoms. The second-order valence-corrected chi connectivity index (χ2v) is 5.84. The highest BCUT2D eigenvalue weighted by Gasteiger charge is 2.35. The van der Waals surface area contributed by atoms with Crippen molar-refractivity contribution in [2.45, 2.75) is 51.0 Å². The number of hydrogen-bond donors (Lipinski definition) is 1. The average Bonchev–Trinajstić information content (AvgIpc) is 2.75. The second kappa shape index (κ2) is 5.57. The Balaban J connectivity index is 2.06. The molecule has 3 rings (SSSR count). The molecule has 1 atom stereocenters. The molecule has 0 spiro atoms. The summed E-state index contributed by atoms with van der Waals surface area (Å²) in [5, 5.41) is 4.54. The van der Waals surface area contributed by atoms with Crippen LogP contribution in [0.3, 0.4) is 0 Å². The Morgan fingerprint density at radius 3 is 3.00 bits per heavy atom. The average molecular weight is 275 g/mol. The number of rotatable bonds is 3. The Labute approximate surface area is 119 Å². The Hall–Kier alpha value is -1.35. The number of furan rings is 1. The first kappa shape index (κ1) is 13.6. The molecule has 108 valence electrons. The van der Waals surface area contributed by atoms with E-state index in [1.54, 1.807) is 6.07 Å². The molecular formula is C17H22FNO.